The Balaban J connectivity index is 1.47. The van der Waals surface area contributed by atoms with Gasteiger partial charge in [0.15, 0.2) is 6.29 Å². The molecule has 2 nitrogen and oxygen atoms in total. The Morgan fingerprint density at radius 2 is 1.45 bits per heavy atom. The van der Waals surface area contributed by atoms with Gasteiger partial charge in [-0.1, -0.05) is 92.2 Å². The maximum atomic E-state index is 5.76. The second-order valence-electron chi connectivity index (χ2n) is 8.48. The highest BCUT2D eigenvalue weighted by Gasteiger charge is 2.30. The number of rotatable bonds is 7. The van der Waals surface area contributed by atoms with Crippen LogP contribution in [0.5, 0.6) is 0 Å². The summed E-state index contributed by atoms with van der Waals surface area (Å²) in [5.74, 6) is 0. The topological polar surface area (TPSA) is 18.5 Å². The first-order valence-electron chi connectivity index (χ1n) is 10.7. The minimum absolute atomic E-state index is 0.0248. The number of hydrogen-bond acceptors (Lipinski definition) is 2. The lowest BCUT2D eigenvalue weighted by Gasteiger charge is -2.31. The molecular weight excluding hydrogens is 375 g/mol. The van der Waals surface area contributed by atoms with Crippen LogP contribution in [0.4, 0.5) is 0 Å². The molecule has 1 heterocycles. The van der Waals surface area contributed by atoms with Gasteiger partial charge in [-0.15, -0.1) is 0 Å². The van der Waals surface area contributed by atoms with E-state index >= 15 is 0 Å². The van der Waals surface area contributed by atoms with E-state index in [2.05, 4.69) is 86.7 Å². The van der Waals surface area contributed by atoms with Gasteiger partial charge in [0, 0.05) is 0 Å². The number of benzene rings is 2. The molecular formula is C26H31O2P. The van der Waals surface area contributed by atoms with Crippen LogP contribution in [0.25, 0.3) is 0 Å². The minimum Gasteiger partial charge on any atom is -0.353 e. The lowest BCUT2D eigenvalue weighted by molar-refractivity contribution is -0.183. The fourth-order valence-electron chi connectivity index (χ4n) is 4.11. The summed E-state index contributed by atoms with van der Waals surface area (Å²) < 4.78 is 11.5. The van der Waals surface area contributed by atoms with E-state index in [0.29, 0.717) is 0 Å². The van der Waals surface area contributed by atoms with E-state index in [4.69, 9.17) is 9.47 Å². The Labute approximate surface area is 176 Å². The zero-order valence-electron chi connectivity index (χ0n) is 17.5. The van der Waals surface area contributed by atoms with Gasteiger partial charge in [0.05, 0.1) is 13.2 Å². The van der Waals surface area contributed by atoms with Gasteiger partial charge in [-0.25, -0.2) is 0 Å². The fraction of sp³-hybridized carbons (Fsp3) is 0.385. The second kappa shape index (κ2) is 9.39. The predicted octanol–water partition coefficient (Wildman–Crippen LogP) is 5.90. The van der Waals surface area contributed by atoms with Crippen molar-refractivity contribution in [3.63, 3.8) is 0 Å². The molecule has 0 unspecified atom stereocenters. The number of hydrogen-bond donors (Lipinski definition) is 0. The summed E-state index contributed by atoms with van der Waals surface area (Å²) in [6.45, 7) is 6.40. The van der Waals surface area contributed by atoms with E-state index in [0.717, 1.165) is 38.9 Å². The zero-order chi connectivity index (χ0) is 20.1. The molecule has 0 atom stereocenters. The lowest BCUT2D eigenvalue weighted by atomic mass is 9.79. The summed E-state index contributed by atoms with van der Waals surface area (Å²) in [7, 11) is -0.488. The molecule has 0 saturated carbocycles. The molecule has 4 rings (SSSR count). The van der Waals surface area contributed by atoms with Crippen LogP contribution >= 0.6 is 7.92 Å². The molecule has 0 bridgehead atoms. The monoisotopic (exact) mass is 406 g/mol. The molecule has 0 spiro atoms. The van der Waals surface area contributed by atoms with Gasteiger partial charge in [-0.05, 0) is 54.9 Å². The summed E-state index contributed by atoms with van der Waals surface area (Å²) in [5.41, 5.74) is 1.68. The van der Waals surface area contributed by atoms with Crippen LogP contribution in [0.1, 0.15) is 39.5 Å². The quantitative estimate of drug-likeness (QED) is 0.533. The van der Waals surface area contributed by atoms with Crippen LogP contribution in [0.15, 0.2) is 83.7 Å². The van der Waals surface area contributed by atoms with Crippen molar-refractivity contribution in [1.82, 2.24) is 0 Å². The van der Waals surface area contributed by atoms with Gasteiger partial charge in [-0.3, -0.25) is 0 Å². The van der Waals surface area contributed by atoms with Crippen molar-refractivity contribution < 1.29 is 9.47 Å². The number of ether oxygens (including phenoxy) is 2. The first-order chi connectivity index (χ1) is 14.1. The summed E-state index contributed by atoms with van der Waals surface area (Å²) in [5, 5.41) is 4.40. The molecule has 2 aliphatic rings. The smallest absolute Gasteiger partial charge is 0.157 e. The Morgan fingerprint density at radius 3 is 2.03 bits per heavy atom. The molecule has 2 aromatic carbocycles. The second-order valence-corrected chi connectivity index (χ2v) is 10.8. The summed E-state index contributed by atoms with van der Waals surface area (Å²) in [6, 6.07) is 22.0. The molecule has 0 amide bonds. The molecule has 3 heteroatoms. The normalized spacial score (nSPS) is 18.0. The van der Waals surface area contributed by atoms with Gasteiger partial charge in [-0.2, -0.15) is 0 Å². The highest BCUT2D eigenvalue weighted by atomic mass is 31.1. The SMILES string of the molecule is CC(C)(CCC1OCCCO1)C1=CC=C(P(c2ccccc2)c2ccccc2)C1. The Kier molecular flexibility index (Phi) is 6.65. The van der Waals surface area contributed by atoms with Gasteiger partial charge in [0.2, 0.25) is 0 Å². The molecule has 0 N–H and O–H groups in total. The maximum Gasteiger partial charge on any atom is 0.157 e. The van der Waals surface area contributed by atoms with Crippen molar-refractivity contribution in [2.45, 2.75) is 45.8 Å². The standard InChI is InChI=1S/C26H31O2P/c1-26(2,17-16-25-27-18-9-19-28-25)21-14-15-24(20-21)29(22-10-5-3-6-11-22)23-12-7-4-8-13-23/h3-8,10-15,25H,9,16-20H2,1-2H3. The van der Waals surface area contributed by atoms with Crippen LogP contribution in [0.2, 0.25) is 0 Å². The molecule has 2 aromatic rings. The van der Waals surface area contributed by atoms with Crippen LogP contribution < -0.4 is 10.6 Å². The van der Waals surface area contributed by atoms with Crippen LogP contribution in [0, 0.1) is 5.41 Å². The van der Waals surface area contributed by atoms with Crippen molar-refractivity contribution in [2.24, 2.45) is 5.41 Å². The Morgan fingerprint density at radius 1 is 0.862 bits per heavy atom. The molecule has 1 fully saturated rings. The van der Waals surface area contributed by atoms with Gasteiger partial charge in [0.1, 0.15) is 0 Å². The summed E-state index contributed by atoms with van der Waals surface area (Å²) in [4.78, 5) is 0. The van der Waals surface area contributed by atoms with Crippen molar-refractivity contribution >= 4 is 18.5 Å². The van der Waals surface area contributed by atoms with E-state index in [1.807, 2.05) is 0 Å². The maximum absolute atomic E-state index is 5.76. The van der Waals surface area contributed by atoms with E-state index < -0.39 is 7.92 Å². The van der Waals surface area contributed by atoms with Gasteiger partial charge in [0.25, 0.3) is 0 Å². The zero-order valence-corrected chi connectivity index (χ0v) is 18.4. The highest BCUT2D eigenvalue weighted by Crippen LogP contribution is 2.51. The average Bonchev–Trinajstić information content (AvgIpc) is 3.26. The summed E-state index contributed by atoms with van der Waals surface area (Å²) in [6.07, 6.45) is 8.86. The van der Waals surface area contributed by atoms with Gasteiger partial charge >= 0.3 is 0 Å². The first kappa shape index (κ1) is 20.5. The predicted molar refractivity (Wildman–Crippen MR) is 123 cm³/mol. The largest absolute Gasteiger partial charge is 0.353 e. The van der Waals surface area contributed by atoms with E-state index in [-0.39, 0.29) is 11.7 Å². The third-order valence-electron chi connectivity index (χ3n) is 5.93. The van der Waals surface area contributed by atoms with Crippen molar-refractivity contribution in [1.29, 1.82) is 0 Å². The molecule has 152 valence electrons. The third-order valence-corrected chi connectivity index (χ3v) is 8.45. The van der Waals surface area contributed by atoms with Gasteiger partial charge < -0.3 is 9.47 Å². The summed E-state index contributed by atoms with van der Waals surface area (Å²) >= 11 is 0. The molecule has 1 aliphatic carbocycles. The van der Waals surface area contributed by atoms with E-state index in [9.17, 15) is 0 Å². The first-order valence-corrected chi connectivity index (χ1v) is 12.0. The van der Waals surface area contributed by atoms with Crippen LogP contribution in [-0.2, 0) is 9.47 Å². The molecule has 0 radical (unpaired) electrons. The van der Waals surface area contributed by atoms with Crippen LogP contribution in [-0.4, -0.2) is 19.5 Å². The van der Waals surface area contributed by atoms with E-state index in [1.54, 1.807) is 5.31 Å². The molecule has 1 saturated heterocycles. The van der Waals surface area contributed by atoms with Crippen molar-refractivity contribution in [3.05, 3.63) is 83.7 Å². The van der Waals surface area contributed by atoms with E-state index in [1.165, 1.54) is 16.2 Å². The number of allylic oxidation sites excluding steroid dienone is 4. The molecule has 29 heavy (non-hydrogen) atoms. The van der Waals surface area contributed by atoms with Crippen molar-refractivity contribution in [3.8, 4) is 0 Å². The lowest BCUT2D eigenvalue weighted by Crippen LogP contribution is -2.27. The highest BCUT2D eigenvalue weighted by molar-refractivity contribution is 7.76. The Hall–Kier alpha value is -1.73. The van der Waals surface area contributed by atoms with Crippen molar-refractivity contribution in [2.75, 3.05) is 13.2 Å². The minimum atomic E-state index is -0.488. The van der Waals surface area contributed by atoms with Crippen LogP contribution in [0.3, 0.4) is 0 Å². The molecule has 1 aliphatic heterocycles. The molecule has 0 aromatic heterocycles. The average molecular weight is 407 g/mol. The Bertz CT molecular complexity index is 809. The fourth-order valence-corrected chi connectivity index (χ4v) is 6.56. The third kappa shape index (κ3) is 5.07.